The predicted octanol–water partition coefficient (Wildman–Crippen LogP) is 1.36. The van der Waals surface area contributed by atoms with Crippen LogP contribution in [-0.4, -0.2) is 45.7 Å². The normalized spacial score (nSPS) is 23.1. The second-order valence-electron chi connectivity index (χ2n) is 4.81. The van der Waals surface area contributed by atoms with Crippen molar-refractivity contribution >= 4 is 11.9 Å². The van der Waals surface area contributed by atoms with Gasteiger partial charge in [0.05, 0.1) is 11.8 Å². The van der Waals surface area contributed by atoms with Crippen LogP contribution in [0, 0.1) is 11.8 Å². The highest BCUT2D eigenvalue weighted by Crippen LogP contribution is 2.38. The highest BCUT2D eigenvalue weighted by atomic mass is 19.4. The summed E-state index contributed by atoms with van der Waals surface area (Å²) < 4.78 is 40.0. The van der Waals surface area contributed by atoms with E-state index in [1.54, 1.807) is 19.3 Å². The van der Waals surface area contributed by atoms with Crippen molar-refractivity contribution in [3.8, 4) is 0 Å². The second kappa shape index (κ2) is 4.84. The quantitative estimate of drug-likeness (QED) is 0.894. The Morgan fingerprint density at radius 3 is 2.40 bits per heavy atom. The first-order valence-corrected chi connectivity index (χ1v) is 5.92. The Morgan fingerprint density at radius 2 is 2.00 bits per heavy atom. The second-order valence-corrected chi connectivity index (χ2v) is 4.81. The molecular formula is C12H13F3N2O3. The number of halogens is 3. The summed E-state index contributed by atoms with van der Waals surface area (Å²) in [5.41, 5.74) is 0.233. The van der Waals surface area contributed by atoms with E-state index >= 15 is 0 Å². The maximum Gasteiger partial charge on any atom is 0.394 e. The lowest BCUT2D eigenvalue weighted by Gasteiger charge is -2.18. The molecule has 2 heterocycles. The van der Waals surface area contributed by atoms with E-state index in [4.69, 9.17) is 5.11 Å². The molecule has 1 fully saturated rings. The minimum atomic E-state index is -4.63. The van der Waals surface area contributed by atoms with E-state index < -0.39 is 43.0 Å². The number of alkyl halides is 3. The molecule has 1 saturated heterocycles. The highest BCUT2D eigenvalue weighted by Gasteiger charge is 2.53. The van der Waals surface area contributed by atoms with Crippen LogP contribution in [0.2, 0.25) is 0 Å². The van der Waals surface area contributed by atoms with Crippen molar-refractivity contribution in [2.75, 3.05) is 13.1 Å². The van der Waals surface area contributed by atoms with Crippen LogP contribution < -0.4 is 0 Å². The van der Waals surface area contributed by atoms with E-state index in [9.17, 15) is 22.8 Å². The third-order valence-corrected chi connectivity index (χ3v) is 3.51. The van der Waals surface area contributed by atoms with Crippen LogP contribution >= 0.6 is 0 Å². The molecule has 0 radical (unpaired) electrons. The number of hydrogen-bond donors (Lipinski definition) is 1. The fraction of sp³-hybridized carbons (Fsp3) is 0.500. The zero-order chi connectivity index (χ0) is 15.1. The zero-order valence-electron chi connectivity index (χ0n) is 10.6. The Labute approximate surface area is 112 Å². The molecule has 0 spiro atoms. The summed E-state index contributed by atoms with van der Waals surface area (Å²) in [5.74, 6) is -5.76. The fourth-order valence-electron chi connectivity index (χ4n) is 2.40. The van der Waals surface area contributed by atoms with Gasteiger partial charge in [-0.2, -0.15) is 13.2 Å². The van der Waals surface area contributed by atoms with Gasteiger partial charge >= 0.3 is 12.1 Å². The number of aromatic nitrogens is 1. The molecular weight excluding hydrogens is 277 g/mol. The maximum absolute atomic E-state index is 12.8. The minimum Gasteiger partial charge on any atom is -0.481 e. The van der Waals surface area contributed by atoms with E-state index in [2.05, 4.69) is 0 Å². The number of carbonyl (C=O) groups is 2. The zero-order valence-corrected chi connectivity index (χ0v) is 10.6. The van der Waals surface area contributed by atoms with Crippen molar-refractivity contribution < 1.29 is 27.9 Å². The number of carboxylic acid groups (broad SMARTS) is 1. The number of carbonyl (C=O) groups excluding carboxylic acids is 1. The average molecular weight is 290 g/mol. The largest absolute Gasteiger partial charge is 0.481 e. The summed E-state index contributed by atoms with van der Waals surface area (Å²) in [6.07, 6.45) is -3.04. The van der Waals surface area contributed by atoms with E-state index in [1.165, 1.54) is 10.6 Å². The summed E-state index contributed by atoms with van der Waals surface area (Å²) in [6, 6.07) is 3.08. The van der Waals surface area contributed by atoms with Gasteiger partial charge in [0.15, 0.2) is 0 Å². The molecule has 5 nitrogen and oxygen atoms in total. The fourth-order valence-corrected chi connectivity index (χ4v) is 2.40. The van der Waals surface area contributed by atoms with E-state index in [1.807, 2.05) is 0 Å². The van der Waals surface area contributed by atoms with Crippen LogP contribution in [-0.2, 0) is 11.8 Å². The van der Waals surface area contributed by atoms with Gasteiger partial charge in [-0.1, -0.05) is 0 Å². The lowest BCUT2D eigenvalue weighted by Crippen LogP contribution is -2.34. The van der Waals surface area contributed by atoms with E-state index in [-0.39, 0.29) is 5.69 Å². The highest BCUT2D eigenvalue weighted by molar-refractivity contribution is 5.93. The van der Waals surface area contributed by atoms with Crippen LogP contribution in [0.3, 0.4) is 0 Å². The first-order chi connectivity index (χ1) is 9.21. The summed E-state index contributed by atoms with van der Waals surface area (Å²) >= 11 is 0. The molecule has 0 unspecified atom stereocenters. The monoisotopic (exact) mass is 290 g/mol. The van der Waals surface area contributed by atoms with Gasteiger partial charge in [0.1, 0.15) is 5.69 Å². The molecule has 2 atom stereocenters. The van der Waals surface area contributed by atoms with Gasteiger partial charge < -0.3 is 14.6 Å². The number of carboxylic acids is 1. The molecule has 0 aromatic carbocycles. The maximum atomic E-state index is 12.8. The van der Waals surface area contributed by atoms with Crippen LogP contribution in [0.5, 0.6) is 0 Å². The number of amides is 1. The van der Waals surface area contributed by atoms with Crippen LogP contribution in [0.15, 0.2) is 18.3 Å². The Hall–Kier alpha value is -1.99. The van der Waals surface area contributed by atoms with Gasteiger partial charge in [-0.25, -0.2) is 0 Å². The summed E-state index contributed by atoms with van der Waals surface area (Å²) in [5, 5.41) is 8.89. The summed E-state index contributed by atoms with van der Waals surface area (Å²) in [4.78, 5) is 24.0. The molecule has 1 aliphatic rings. The van der Waals surface area contributed by atoms with Crippen LogP contribution in [0.1, 0.15) is 10.5 Å². The molecule has 8 heteroatoms. The Kier molecular flexibility index (Phi) is 3.49. The lowest BCUT2D eigenvalue weighted by molar-refractivity contribution is -0.187. The number of aliphatic carboxylic acids is 1. The van der Waals surface area contributed by atoms with Gasteiger partial charge in [0, 0.05) is 26.3 Å². The molecule has 1 amide bonds. The topological polar surface area (TPSA) is 62.5 Å². The third kappa shape index (κ3) is 2.50. The molecule has 0 aliphatic carbocycles. The van der Waals surface area contributed by atoms with Crippen LogP contribution in [0.25, 0.3) is 0 Å². The van der Waals surface area contributed by atoms with Crippen molar-refractivity contribution in [3.63, 3.8) is 0 Å². The molecule has 1 aromatic heterocycles. The summed E-state index contributed by atoms with van der Waals surface area (Å²) in [6.45, 7) is -1.05. The number of rotatable bonds is 2. The van der Waals surface area contributed by atoms with E-state index in [0.29, 0.717) is 0 Å². The SMILES string of the molecule is Cn1cccc1C(=O)N1C[C@@H](C(F)(F)F)[C@H](C(=O)O)C1. The Morgan fingerprint density at radius 1 is 1.35 bits per heavy atom. The molecule has 1 aromatic rings. The van der Waals surface area contributed by atoms with Crippen molar-refractivity contribution in [2.45, 2.75) is 6.18 Å². The molecule has 2 rings (SSSR count). The first kappa shape index (κ1) is 14.4. The van der Waals surface area contributed by atoms with Crippen molar-refractivity contribution in [3.05, 3.63) is 24.0 Å². The van der Waals surface area contributed by atoms with E-state index in [0.717, 1.165) is 4.90 Å². The molecule has 110 valence electrons. The van der Waals surface area contributed by atoms with Crippen molar-refractivity contribution in [1.82, 2.24) is 9.47 Å². The van der Waals surface area contributed by atoms with Gasteiger partial charge in [0.25, 0.3) is 5.91 Å². The molecule has 20 heavy (non-hydrogen) atoms. The van der Waals surface area contributed by atoms with Gasteiger partial charge in [-0.05, 0) is 12.1 Å². The van der Waals surface area contributed by atoms with Crippen molar-refractivity contribution in [2.24, 2.45) is 18.9 Å². The van der Waals surface area contributed by atoms with Gasteiger partial charge in [0.2, 0.25) is 0 Å². The Balaban J connectivity index is 2.22. The first-order valence-electron chi connectivity index (χ1n) is 5.92. The number of nitrogens with zero attached hydrogens (tertiary/aromatic N) is 2. The third-order valence-electron chi connectivity index (χ3n) is 3.51. The Bertz CT molecular complexity index is 538. The number of aryl methyl sites for hydroxylation is 1. The predicted molar refractivity (Wildman–Crippen MR) is 62.0 cm³/mol. The minimum absolute atomic E-state index is 0.233. The van der Waals surface area contributed by atoms with Crippen LogP contribution in [0.4, 0.5) is 13.2 Å². The molecule has 1 aliphatic heterocycles. The lowest BCUT2D eigenvalue weighted by atomic mass is 9.96. The smallest absolute Gasteiger partial charge is 0.394 e. The van der Waals surface area contributed by atoms with Gasteiger partial charge in [-0.3, -0.25) is 9.59 Å². The molecule has 0 bridgehead atoms. The summed E-state index contributed by atoms with van der Waals surface area (Å²) in [7, 11) is 1.60. The van der Waals surface area contributed by atoms with Gasteiger partial charge in [-0.15, -0.1) is 0 Å². The molecule has 1 N–H and O–H groups in total. The average Bonchev–Trinajstić information content (AvgIpc) is 2.92. The molecule has 0 saturated carbocycles. The standard InChI is InChI=1S/C12H13F3N2O3/c1-16-4-2-3-9(16)10(18)17-5-7(11(19)20)8(6-17)12(13,14)15/h2-4,7-8H,5-6H2,1H3,(H,19,20)/t7-,8-/m1/s1. The number of likely N-dealkylation sites (tertiary alicyclic amines) is 1. The van der Waals surface area contributed by atoms with Crippen molar-refractivity contribution in [1.29, 1.82) is 0 Å². The number of hydrogen-bond acceptors (Lipinski definition) is 2.